The molecule has 29 heavy (non-hydrogen) atoms. The minimum atomic E-state index is -0.0547. The number of benzene rings is 1. The molecule has 2 aromatic heterocycles. The molecule has 0 aliphatic carbocycles. The van der Waals surface area contributed by atoms with Crippen molar-refractivity contribution in [2.24, 2.45) is 0 Å². The van der Waals surface area contributed by atoms with Crippen molar-refractivity contribution in [2.45, 2.75) is 25.3 Å². The van der Waals surface area contributed by atoms with Gasteiger partial charge in [-0.15, -0.1) is 0 Å². The molecule has 0 atom stereocenters. The van der Waals surface area contributed by atoms with Crippen LogP contribution in [0.25, 0.3) is 5.65 Å². The smallest absolute Gasteiger partial charge is 0.317 e. The van der Waals surface area contributed by atoms with Crippen LogP contribution in [0.4, 0.5) is 4.79 Å². The average molecular weight is 391 g/mol. The van der Waals surface area contributed by atoms with E-state index in [1.807, 2.05) is 58.1 Å². The van der Waals surface area contributed by atoms with Crippen LogP contribution in [-0.2, 0) is 6.42 Å². The lowest BCUT2D eigenvalue weighted by atomic mass is 10.0. The molecule has 1 aliphatic heterocycles. The maximum Gasteiger partial charge on any atom is 0.317 e. The zero-order chi connectivity index (χ0) is 20.1. The molecule has 0 saturated carbocycles. The first-order chi connectivity index (χ1) is 14.2. The molecule has 0 bridgehead atoms. The largest absolute Gasteiger partial charge is 0.349 e. The standard InChI is InChI=1S/C22H25N5O2/c28-21(17-6-2-1-3-7-17)25-18-10-14-26(15-11-18)22(29)23-12-9-19-16-27-13-5-4-8-20(27)24-19/h1-8,13,16,18H,9-12,14-15H2,(H,23,29)(H,25,28). The van der Waals surface area contributed by atoms with E-state index < -0.39 is 0 Å². The number of carbonyl (C=O) groups excluding carboxylic acids is 2. The monoisotopic (exact) mass is 391 g/mol. The van der Waals surface area contributed by atoms with Crippen LogP contribution in [0.3, 0.4) is 0 Å². The Morgan fingerprint density at radius 3 is 2.55 bits per heavy atom. The number of hydrogen-bond donors (Lipinski definition) is 2. The minimum Gasteiger partial charge on any atom is -0.349 e. The maximum absolute atomic E-state index is 12.4. The Labute approximate surface area is 169 Å². The maximum atomic E-state index is 12.4. The van der Waals surface area contributed by atoms with Crippen molar-refractivity contribution < 1.29 is 9.59 Å². The zero-order valence-corrected chi connectivity index (χ0v) is 16.3. The molecular formula is C22H25N5O2. The lowest BCUT2D eigenvalue weighted by Crippen LogP contribution is -2.49. The molecule has 0 unspecified atom stereocenters. The van der Waals surface area contributed by atoms with Gasteiger partial charge in [-0.1, -0.05) is 24.3 Å². The number of pyridine rings is 1. The molecule has 3 amide bonds. The van der Waals surface area contributed by atoms with Crippen molar-refractivity contribution in [3.8, 4) is 0 Å². The van der Waals surface area contributed by atoms with Crippen LogP contribution >= 0.6 is 0 Å². The number of imidazole rings is 1. The van der Waals surface area contributed by atoms with E-state index in [1.54, 1.807) is 12.1 Å². The van der Waals surface area contributed by atoms with E-state index >= 15 is 0 Å². The third-order valence-electron chi connectivity index (χ3n) is 5.22. The number of amides is 3. The van der Waals surface area contributed by atoms with Crippen molar-refractivity contribution in [3.05, 3.63) is 72.2 Å². The summed E-state index contributed by atoms with van der Waals surface area (Å²) in [6, 6.07) is 15.1. The van der Waals surface area contributed by atoms with Crippen molar-refractivity contribution in [1.82, 2.24) is 24.9 Å². The van der Waals surface area contributed by atoms with Gasteiger partial charge in [0.1, 0.15) is 5.65 Å². The molecule has 0 spiro atoms. The van der Waals surface area contributed by atoms with Gasteiger partial charge in [-0.2, -0.15) is 0 Å². The number of carbonyl (C=O) groups is 2. The lowest BCUT2D eigenvalue weighted by molar-refractivity contribution is 0.0918. The number of likely N-dealkylation sites (tertiary alicyclic amines) is 1. The first-order valence-corrected chi connectivity index (χ1v) is 10.0. The highest BCUT2D eigenvalue weighted by Crippen LogP contribution is 2.12. The Hall–Kier alpha value is -3.35. The van der Waals surface area contributed by atoms with Gasteiger partial charge in [0.2, 0.25) is 0 Å². The highest BCUT2D eigenvalue weighted by Gasteiger charge is 2.24. The van der Waals surface area contributed by atoms with Gasteiger partial charge in [0.15, 0.2) is 0 Å². The summed E-state index contributed by atoms with van der Waals surface area (Å²) in [6.45, 7) is 1.83. The van der Waals surface area contributed by atoms with E-state index in [2.05, 4.69) is 15.6 Å². The van der Waals surface area contributed by atoms with Crippen LogP contribution in [0.1, 0.15) is 28.9 Å². The van der Waals surface area contributed by atoms with E-state index in [-0.39, 0.29) is 18.0 Å². The fraction of sp³-hybridized carbons (Fsp3) is 0.318. The van der Waals surface area contributed by atoms with Crippen LogP contribution < -0.4 is 10.6 Å². The molecule has 0 radical (unpaired) electrons. The van der Waals surface area contributed by atoms with Gasteiger partial charge < -0.3 is 19.9 Å². The molecule has 4 rings (SSSR count). The highest BCUT2D eigenvalue weighted by molar-refractivity contribution is 5.94. The summed E-state index contributed by atoms with van der Waals surface area (Å²) in [4.78, 5) is 31.0. The minimum absolute atomic E-state index is 0.0541. The van der Waals surface area contributed by atoms with Crippen molar-refractivity contribution >= 4 is 17.6 Å². The molecule has 7 nitrogen and oxygen atoms in total. The summed E-state index contributed by atoms with van der Waals surface area (Å²) in [5.41, 5.74) is 2.53. The van der Waals surface area contributed by atoms with Crippen molar-refractivity contribution in [3.63, 3.8) is 0 Å². The SMILES string of the molecule is O=C(NC1CCN(C(=O)NCCc2cn3ccccc3n2)CC1)c1ccccc1. The zero-order valence-electron chi connectivity index (χ0n) is 16.3. The normalized spacial score (nSPS) is 14.7. The number of urea groups is 1. The number of nitrogens with one attached hydrogen (secondary N) is 2. The van der Waals surface area contributed by atoms with Gasteiger partial charge >= 0.3 is 6.03 Å². The summed E-state index contributed by atoms with van der Waals surface area (Å²) in [6.07, 6.45) is 6.17. The lowest BCUT2D eigenvalue weighted by Gasteiger charge is -2.32. The van der Waals surface area contributed by atoms with E-state index in [9.17, 15) is 9.59 Å². The number of hydrogen-bond acceptors (Lipinski definition) is 3. The predicted molar refractivity (Wildman–Crippen MR) is 111 cm³/mol. The molecule has 1 fully saturated rings. The van der Waals surface area contributed by atoms with Gasteiger partial charge in [-0.3, -0.25) is 4.79 Å². The Morgan fingerprint density at radius 2 is 1.79 bits per heavy atom. The number of aromatic nitrogens is 2. The summed E-state index contributed by atoms with van der Waals surface area (Å²) in [7, 11) is 0. The summed E-state index contributed by atoms with van der Waals surface area (Å²) in [5, 5.41) is 6.04. The fourth-order valence-electron chi connectivity index (χ4n) is 3.60. The van der Waals surface area contributed by atoms with Gasteiger partial charge in [0.25, 0.3) is 5.91 Å². The molecule has 150 valence electrons. The van der Waals surface area contributed by atoms with Crippen LogP contribution in [0.15, 0.2) is 60.9 Å². The van der Waals surface area contributed by atoms with E-state index in [0.29, 0.717) is 31.6 Å². The quantitative estimate of drug-likeness (QED) is 0.701. The molecule has 2 N–H and O–H groups in total. The second-order valence-electron chi connectivity index (χ2n) is 7.28. The number of rotatable bonds is 5. The Bertz CT molecular complexity index is 944. The van der Waals surface area contributed by atoms with Crippen LogP contribution in [-0.4, -0.2) is 51.9 Å². The summed E-state index contributed by atoms with van der Waals surface area (Å²) >= 11 is 0. The summed E-state index contributed by atoms with van der Waals surface area (Å²) in [5.74, 6) is -0.0547. The number of piperidine rings is 1. The van der Waals surface area contributed by atoms with Gasteiger partial charge in [0.05, 0.1) is 5.69 Å². The Morgan fingerprint density at radius 1 is 1.03 bits per heavy atom. The van der Waals surface area contributed by atoms with E-state index in [4.69, 9.17) is 0 Å². The molecule has 3 aromatic rings. The number of fused-ring (bicyclic) bond motifs is 1. The van der Waals surface area contributed by atoms with Gasteiger partial charge in [0, 0.05) is 50.1 Å². The van der Waals surface area contributed by atoms with Crippen molar-refractivity contribution in [2.75, 3.05) is 19.6 Å². The molecule has 1 aromatic carbocycles. The van der Waals surface area contributed by atoms with E-state index in [0.717, 1.165) is 24.2 Å². The molecule has 1 saturated heterocycles. The second-order valence-corrected chi connectivity index (χ2v) is 7.28. The third-order valence-corrected chi connectivity index (χ3v) is 5.22. The molecule has 1 aliphatic rings. The molecule has 3 heterocycles. The predicted octanol–water partition coefficient (Wildman–Crippen LogP) is 2.48. The van der Waals surface area contributed by atoms with Gasteiger partial charge in [-0.25, -0.2) is 9.78 Å². The topological polar surface area (TPSA) is 78.7 Å². The first kappa shape index (κ1) is 19.0. The van der Waals surface area contributed by atoms with Crippen LogP contribution in [0, 0.1) is 0 Å². The molecule has 7 heteroatoms. The van der Waals surface area contributed by atoms with Crippen LogP contribution in [0.5, 0.6) is 0 Å². The third kappa shape index (κ3) is 4.74. The first-order valence-electron chi connectivity index (χ1n) is 10.0. The van der Waals surface area contributed by atoms with Gasteiger partial charge in [-0.05, 0) is 37.1 Å². The van der Waals surface area contributed by atoms with Crippen molar-refractivity contribution in [1.29, 1.82) is 0 Å². The second kappa shape index (κ2) is 8.77. The molecular weight excluding hydrogens is 366 g/mol. The van der Waals surface area contributed by atoms with Crippen LogP contribution in [0.2, 0.25) is 0 Å². The summed E-state index contributed by atoms with van der Waals surface area (Å²) < 4.78 is 1.98. The Kier molecular flexibility index (Phi) is 5.74. The average Bonchev–Trinajstić information content (AvgIpc) is 3.17. The van der Waals surface area contributed by atoms with E-state index in [1.165, 1.54) is 0 Å². The fourth-order valence-corrected chi connectivity index (χ4v) is 3.60. The number of nitrogens with zero attached hydrogens (tertiary/aromatic N) is 3. The highest BCUT2D eigenvalue weighted by atomic mass is 16.2. The Balaban J connectivity index is 1.19.